The summed E-state index contributed by atoms with van der Waals surface area (Å²) in [6.45, 7) is 10.4. The number of aldehydes is 1. The predicted octanol–water partition coefficient (Wildman–Crippen LogP) is 6.21. The van der Waals surface area contributed by atoms with Gasteiger partial charge in [-0.15, -0.1) is 11.3 Å². The van der Waals surface area contributed by atoms with Crippen molar-refractivity contribution in [2.75, 3.05) is 26.3 Å². The van der Waals surface area contributed by atoms with Gasteiger partial charge in [0.1, 0.15) is 6.67 Å². The van der Waals surface area contributed by atoms with Crippen LogP contribution in [-0.2, 0) is 0 Å². The largest absolute Gasteiger partial charge is 0.297 e. The zero-order chi connectivity index (χ0) is 21.0. The molecule has 2 heterocycles. The zero-order valence-corrected chi connectivity index (χ0v) is 19.1. The van der Waals surface area contributed by atoms with Crippen LogP contribution >= 0.6 is 11.3 Å². The fourth-order valence-electron chi connectivity index (χ4n) is 4.50. The van der Waals surface area contributed by atoms with Crippen LogP contribution < -0.4 is 0 Å². The fourth-order valence-corrected chi connectivity index (χ4v) is 5.36. The first-order valence-corrected chi connectivity index (χ1v) is 11.7. The summed E-state index contributed by atoms with van der Waals surface area (Å²) < 4.78 is 13.0. The zero-order valence-electron chi connectivity index (χ0n) is 18.3. The number of halogens is 1. The van der Waals surface area contributed by atoms with Gasteiger partial charge < -0.3 is 0 Å². The van der Waals surface area contributed by atoms with Gasteiger partial charge in [-0.1, -0.05) is 37.2 Å². The van der Waals surface area contributed by atoms with Crippen LogP contribution in [0.4, 0.5) is 4.39 Å². The van der Waals surface area contributed by atoms with Crippen LogP contribution in [0.15, 0.2) is 11.6 Å². The van der Waals surface area contributed by atoms with Crippen molar-refractivity contribution in [3.63, 3.8) is 0 Å². The van der Waals surface area contributed by atoms with E-state index in [1.165, 1.54) is 48.2 Å². The Hall–Kier alpha value is -1.44. The third kappa shape index (κ3) is 5.80. The molecule has 0 spiro atoms. The van der Waals surface area contributed by atoms with Crippen LogP contribution in [0.25, 0.3) is 5.57 Å². The molecule has 4 heteroatoms. The van der Waals surface area contributed by atoms with Crippen molar-refractivity contribution in [1.82, 2.24) is 4.90 Å². The first kappa shape index (κ1) is 22.2. The fraction of sp³-hybridized carbons (Fsp3) is 0.640. The van der Waals surface area contributed by atoms with Gasteiger partial charge in [-0.3, -0.25) is 9.69 Å². The van der Waals surface area contributed by atoms with Crippen LogP contribution in [-0.4, -0.2) is 37.5 Å². The monoisotopic (exact) mass is 415 g/mol. The number of hydrogen-bond donors (Lipinski definition) is 0. The van der Waals surface area contributed by atoms with Gasteiger partial charge in [0.15, 0.2) is 6.29 Å². The number of nitrogens with zero attached hydrogens (tertiary/aromatic N) is 1. The molecule has 29 heavy (non-hydrogen) atoms. The van der Waals surface area contributed by atoms with Crippen LogP contribution in [0.5, 0.6) is 0 Å². The summed E-state index contributed by atoms with van der Waals surface area (Å²) in [6.07, 6.45) is 7.00. The summed E-state index contributed by atoms with van der Waals surface area (Å²) in [4.78, 5) is 15.8. The molecule has 1 aromatic heterocycles. The standard InChI is InChI=1S/C25H34FNOS/c1-18-5-7-19(8-6-18)21-10-13-27(14-12-26)16-23(21)22-15-20(29-24(22)17-28)9-11-25(2,3)4/h15,17-19H,5-8,10,12-14,16H2,1-4H3. The van der Waals surface area contributed by atoms with Gasteiger partial charge >= 0.3 is 0 Å². The van der Waals surface area contributed by atoms with E-state index in [4.69, 9.17) is 0 Å². The van der Waals surface area contributed by atoms with Crippen molar-refractivity contribution in [1.29, 1.82) is 0 Å². The molecule has 0 aromatic carbocycles. The molecule has 2 nitrogen and oxygen atoms in total. The number of thiophene rings is 1. The average Bonchev–Trinajstić information content (AvgIpc) is 3.10. The molecule has 1 saturated carbocycles. The topological polar surface area (TPSA) is 20.3 Å². The first-order chi connectivity index (χ1) is 13.8. The molecule has 1 aromatic rings. The second-order valence-electron chi connectivity index (χ2n) is 9.68. The van der Waals surface area contributed by atoms with Gasteiger partial charge in [0.05, 0.1) is 9.75 Å². The highest BCUT2D eigenvalue weighted by atomic mass is 32.1. The van der Waals surface area contributed by atoms with Gasteiger partial charge in [-0.05, 0) is 63.5 Å². The molecular weight excluding hydrogens is 381 g/mol. The smallest absolute Gasteiger partial charge is 0.160 e. The number of carbonyl (C=O) groups is 1. The minimum absolute atomic E-state index is 0.0719. The maximum Gasteiger partial charge on any atom is 0.160 e. The van der Waals surface area contributed by atoms with E-state index in [1.54, 1.807) is 0 Å². The molecule has 0 radical (unpaired) electrons. The molecule has 1 aliphatic heterocycles. The Balaban J connectivity index is 2.00. The maximum absolute atomic E-state index is 13.0. The summed E-state index contributed by atoms with van der Waals surface area (Å²) in [5.74, 6) is 7.97. The second-order valence-corrected chi connectivity index (χ2v) is 10.8. The number of hydrogen-bond acceptors (Lipinski definition) is 3. The van der Waals surface area contributed by atoms with Crippen LogP contribution in [0, 0.1) is 29.1 Å². The van der Waals surface area contributed by atoms with E-state index in [0.29, 0.717) is 12.5 Å². The Morgan fingerprint density at radius 1 is 1.28 bits per heavy atom. The lowest BCUT2D eigenvalue weighted by atomic mass is 9.75. The second kappa shape index (κ2) is 9.58. The lowest BCUT2D eigenvalue weighted by Crippen LogP contribution is -2.34. The van der Waals surface area contributed by atoms with E-state index >= 15 is 0 Å². The Morgan fingerprint density at radius 3 is 2.62 bits per heavy atom. The normalized spacial score (nSPS) is 23.6. The molecule has 1 fully saturated rings. The quantitative estimate of drug-likeness (QED) is 0.421. The van der Waals surface area contributed by atoms with E-state index < -0.39 is 0 Å². The maximum atomic E-state index is 13.0. The molecule has 3 rings (SSSR count). The van der Waals surface area contributed by atoms with Crippen molar-refractivity contribution >= 4 is 23.2 Å². The minimum atomic E-state index is -0.323. The van der Waals surface area contributed by atoms with Gasteiger partial charge in [0.2, 0.25) is 0 Å². The van der Waals surface area contributed by atoms with Crippen molar-refractivity contribution in [3.05, 3.63) is 27.0 Å². The summed E-state index contributed by atoms with van der Waals surface area (Å²) in [5.41, 5.74) is 3.76. The number of carbonyl (C=O) groups excluding carboxylic acids is 1. The summed E-state index contributed by atoms with van der Waals surface area (Å²) in [5, 5.41) is 0. The number of alkyl halides is 1. The Morgan fingerprint density at radius 2 is 2.00 bits per heavy atom. The molecular formula is C25H34FNOS. The summed E-state index contributed by atoms with van der Waals surface area (Å²) >= 11 is 1.49. The van der Waals surface area contributed by atoms with Crippen LogP contribution in [0.3, 0.4) is 0 Å². The predicted molar refractivity (Wildman–Crippen MR) is 121 cm³/mol. The molecule has 0 bridgehead atoms. The molecule has 0 amide bonds. The minimum Gasteiger partial charge on any atom is -0.297 e. The van der Waals surface area contributed by atoms with Crippen LogP contribution in [0.1, 0.15) is 79.9 Å². The number of rotatable bonds is 5. The molecule has 0 unspecified atom stereocenters. The SMILES string of the molecule is CC1CCC(C2=C(c3cc(C#CC(C)(C)C)sc3C=O)CN(CCF)CC2)CC1. The van der Waals surface area contributed by atoms with Gasteiger partial charge in [0, 0.05) is 30.6 Å². The van der Waals surface area contributed by atoms with Gasteiger partial charge in [-0.25, -0.2) is 4.39 Å². The summed E-state index contributed by atoms with van der Waals surface area (Å²) in [7, 11) is 0. The first-order valence-electron chi connectivity index (χ1n) is 10.9. The average molecular weight is 416 g/mol. The molecule has 2 aliphatic rings. The van der Waals surface area contributed by atoms with E-state index in [-0.39, 0.29) is 12.1 Å². The Labute approximate surface area is 179 Å². The molecule has 158 valence electrons. The van der Waals surface area contributed by atoms with E-state index in [1.807, 2.05) is 0 Å². The van der Waals surface area contributed by atoms with Gasteiger partial charge in [0.25, 0.3) is 0 Å². The van der Waals surface area contributed by atoms with E-state index in [2.05, 4.69) is 50.5 Å². The highest BCUT2D eigenvalue weighted by Crippen LogP contribution is 2.41. The van der Waals surface area contributed by atoms with Crippen molar-refractivity contribution in [2.24, 2.45) is 17.3 Å². The third-order valence-corrected chi connectivity index (χ3v) is 7.11. The highest BCUT2D eigenvalue weighted by Gasteiger charge is 2.29. The Bertz CT molecular complexity index is 812. The Kier molecular flexibility index (Phi) is 7.35. The molecule has 0 atom stereocenters. The van der Waals surface area contributed by atoms with Crippen molar-refractivity contribution < 1.29 is 9.18 Å². The van der Waals surface area contributed by atoms with E-state index in [0.717, 1.165) is 47.0 Å². The lowest BCUT2D eigenvalue weighted by Gasteiger charge is -2.36. The lowest BCUT2D eigenvalue weighted by molar-refractivity contribution is 0.112. The summed E-state index contributed by atoms with van der Waals surface area (Å²) in [6, 6.07) is 2.10. The highest BCUT2D eigenvalue weighted by molar-refractivity contribution is 7.14. The van der Waals surface area contributed by atoms with Crippen LogP contribution in [0.2, 0.25) is 0 Å². The third-order valence-electron chi connectivity index (χ3n) is 6.13. The van der Waals surface area contributed by atoms with Crippen molar-refractivity contribution in [2.45, 2.75) is 59.8 Å². The molecule has 0 saturated heterocycles. The molecule has 0 N–H and O–H groups in total. The molecule has 1 aliphatic carbocycles. The van der Waals surface area contributed by atoms with E-state index in [9.17, 15) is 9.18 Å². The van der Waals surface area contributed by atoms with Crippen molar-refractivity contribution in [3.8, 4) is 11.8 Å². The van der Waals surface area contributed by atoms with Gasteiger partial charge in [-0.2, -0.15) is 0 Å².